The second-order valence-electron chi connectivity index (χ2n) is 8.90. The first-order valence-corrected chi connectivity index (χ1v) is 12.0. The van der Waals surface area contributed by atoms with Crippen molar-refractivity contribution in [2.75, 3.05) is 18.4 Å². The number of nitrogens with one attached hydrogen (secondary N) is 2. The summed E-state index contributed by atoms with van der Waals surface area (Å²) in [5, 5.41) is 16.3. The number of non-ortho nitro benzene ring substituents is 1. The molecule has 1 saturated heterocycles. The molecule has 2 rings (SSSR count). The van der Waals surface area contributed by atoms with Gasteiger partial charge in [-0.05, 0) is 43.7 Å². The summed E-state index contributed by atoms with van der Waals surface area (Å²) < 4.78 is 0. The first-order valence-electron chi connectivity index (χ1n) is 12.0. The van der Waals surface area contributed by atoms with Gasteiger partial charge in [-0.2, -0.15) is 0 Å². The first kappa shape index (κ1) is 34.8. The minimum absolute atomic E-state index is 0. The Morgan fingerprint density at radius 3 is 2.39 bits per heavy atom. The van der Waals surface area contributed by atoms with Crippen LogP contribution in [0.3, 0.4) is 0 Å². The number of rotatable bonds is 12. The van der Waals surface area contributed by atoms with E-state index in [4.69, 9.17) is 17.2 Å². The van der Waals surface area contributed by atoms with E-state index in [1.807, 2.05) is 13.8 Å². The Morgan fingerprint density at radius 2 is 1.84 bits per heavy atom. The highest BCUT2D eigenvalue weighted by Gasteiger charge is 2.38. The number of nitro benzene ring substituents is 1. The van der Waals surface area contributed by atoms with Gasteiger partial charge in [-0.1, -0.05) is 20.3 Å². The number of hydrogen-bond acceptors (Lipinski definition) is 7. The summed E-state index contributed by atoms with van der Waals surface area (Å²) in [4.78, 5) is 54.8. The number of amides is 3. The first-order chi connectivity index (χ1) is 17.0. The summed E-state index contributed by atoms with van der Waals surface area (Å²) in [7, 11) is 0. The van der Waals surface area contributed by atoms with Gasteiger partial charge in [-0.3, -0.25) is 29.5 Å². The van der Waals surface area contributed by atoms with Crippen molar-refractivity contribution >= 4 is 59.9 Å². The third kappa shape index (κ3) is 9.95. The van der Waals surface area contributed by atoms with Crippen LogP contribution < -0.4 is 27.8 Å². The molecule has 1 aliphatic heterocycles. The third-order valence-electron chi connectivity index (χ3n) is 6.30. The average molecular weight is 578 g/mol. The van der Waals surface area contributed by atoms with Gasteiger partial charge < -0.3 is 32.7 Å². The smallest absolute Gasteiger partial charge is 0.269 e. The molecule has 1 fully saturated rings. The molecule has 0 unspecified atom stereocenters. The van der Waals surface area contributed by atoms with E-state index in [0.29, 0.717) is 31.5 Å². The average Bonchev–Trinajstić information content (AvgIpc) is 3.34. The number of nitrogens with zero attached hydrogens (tertiary/aromatic N) is 3. The van der Waals surface area contributed by atoms with Crippen molar-refractivity contribution in [3.63, 3.8) is 0 Å². The molecule has 0 radical (unpaired) electrons. The number of anilines is 1. The van der Waals surface area contributed by atoms with Crippen molar-refractivity contribution in [3.05, 3.63) is 34.4 Å². The van der Waals surface area contributed by atoms with Gasteiger partial charge in [-0.15, -0.1) is 24.8 Å². The van der Waals surface area contributed by atoms with Gasteiger partial charge in [0.1, 0.15) is 12.1 Å². The molecule has 0 bridgehead atoms. The lowest BCUT2D eigenvalue weighted by Crippen LogP contribution is -2.55. The van der Waals surface area contributed by atoms with E-state index < -0.39 is 34.9 Å². The number of guanidine groups is 1. The number of carbonyl (C=O) groups is 3. The van der Waals surface area contributed by atoms with Crippen LogP contribution in [0.1, 0.15) is 46.0 Å². The molecule has 1 heterocycles. The van der Waals surface area contributed by atoms with Gasteiger partial charge in [0.15, 0.2) is 5.96 Å². The molecule has 0 aliphatic carbocycles. The summed E-state index contributed by atoms with van der Waals surface area (Å²) in [6, 6.07) is 2.98. The van der Waals surface area contributed by atoms with E-state index in [2.05, 4.69) is 15.6 Å². The third-order valence-corrected chi connectivity index (χ3v) is 6.30. The minimum atomic E-state index is -0.942. The van der Waals surface area contributed by atoms with Crippen LogP contribution in [0.5, 0.6) is 0 Å². The van der Waals surface area contributed by atoms with E-state index in [1.54, 1.807) is 0 Å². The van der Waals surface area contributed by atoms with Crippen molar-refractivity contribution in [2.24, 2.45) is 28.1 Å². The highest BCUT2D eigenvalue weighted by molar-refractivity contribution is 5.98. The van der Waals surface area contributed by atoms with E-state index >= 15 is 0 Å². The SMILES string of the molecule is CC[C@H](C)[C@H](N)C(=O)N1CCC[C@H]1C(=O)N[C@@H](CCCN=C(N)N)C(=O)Nc1ccc([N+](=O)[O-])cc1.Cl.Cl. The number of likely N-dealkylation sites (tertiary alicyclic amines) is 1. The fourth-order valence-corrected chi connectivity index (χ4v) is 3.93. The van der Waals surface area contributed by atoms with E-state index in [0.717, 1.165) is 6.42 Å². The molecule has 0 saturated carbocycles. The lowest BCUT2D eigenvalue weighted by Gasteiger charge is -2.30. The van der Waals surface area contributed by atoms with Crippen LogP contribution in [0.15, 0.2) is 29.3 Å². The summed E-state index contributed by atoms with van der Waals surface area (Å²) in [6.07, 6.45) is 2.49. The van der Waals surface area contributed by atoms with Gasteiger partial charge in [0, 0.05) is 30.9 Å². The van der Waals surface area contributed by atoms with Crippen molar-refractivity contribution in [3.8, 4) is 0 Å². The molecule has 0 aromatic heterocycles. The second-order valence-corrected chi connectivity index (χ2v) is 8.90. The predicted octanol–water partition coefficient (Wildman–Crippen LogP) is 1.28. The number of benzene rings is 1. The van der Waals surface area contributed by atoms with Gasteiger partial charge in [-0.25, -0.2) is 0 Å². The van der Waals surface area contributed by atoms with Gasteiger partial charge in [0.25, 0.3) is 5.69 Å². The van der Waals surface area contributed by atoms with E-state index in [9.17, 15) is 24.5 Å². The maximum Gasteiger partial charge on any atom is 0.269 e. The molecule has 3 amide bonds. The van der Waals surface area contributed by atoms with Crippen LogP contribution in [0.2, 0.25) is 0 Å². The Bertz CT molecular complexity index is 975. The number of carbonyl (C=O) groups excluding carboxylic acids is 3. The lowest BCUT2D eigenvalue weighted by molar-refractivity contribution is -0.384. The van der Waals surface area contributed by atoms with Gasteiger partial charge >= 0.3 is 0 Å². The van der Waals surface area contributed by atoms with Crippen molar-refractivity contribution in [1.82, 2.24) is 10.2 Å². The van der Waals surface area contributed by atoms with Crippen molar-refractivity contribution in [1.29, 1.82) is 0 Å². The molecule has 4 atom stereocenters. The number of halogens is 2. The zero-order valence-corrected chi connectivity index (χ0v) is 23.1. The van der Waals surface area contributed by atoms with Crippen LogP contribution in [0.4, 0.5) is 11.4 Å². The monoisotopic (exact) mass is 576 g/mol. The molecule has 1 aromatic rings. The molecule has 1 aliphatic rings. The normalized spacial score (nSPS) is 16.6. The second kappa shape index (κ2) is 16.6. The Morgan fingerprint density at radius 1 is 1.21 bits per heavy atom. The molecule has 15 heteroatoms. The highest BCUT2D eigenvalue weighted by atomic mass is 35.5. The molecule has 1 aromatic carbocycles. The largest absolute Gasteiger partial charge is 0.370 e. The molecule has 0 spiro atoms. The maximum atomic E-state index is 13.2. The van der Waals surface area contributed by atoms with Gasteiger partial charge in [0.2, 0.25) is 17.7 Å². The van der Waals surface area contributed by atoms with E-state index in [-0.39, 0.29) is 61.3 Å². The lowest BCUT2D eigenvalue weighted by atomic mass is 9.98. The quantitative estimate of drug-likeness (QED) is 0.0800. The van der Waals surface area contributed by atoms with E-state index in [1.165, 1.54) is 29.2 Å². The molecule has 214 valence electrons. The Labute approximate surface area is 234 Å². The Balaban J connectivity index is 0.00000684. The van der Waals surface area contributed by atoms with Crippen LogP contribution in [0, 0.1) is 16.0 Å². The van der Waals surface area contributed by atoms with Crippen molar-refractivity contribution < 1.29 is 19.3 Å². The minimum Gasteiger partial charge on any atom is -0.370 e. The van der Waals surface area contributed by atoms with Crippen molar-refractivity contribution in [2.45, 2.75) is 64.1 Å². The fraction of sp³-hybridized carbons (Fsp3) is 0.565. The van der Waals surface area contributed by atoms with Crippen LogP contribution in [0.25, 0.3) is 0 Å². The predicted molar refractivity (Wildman–Crippen MR) is 150 cm³/mol. The molecule has 8 N–H and O–H groups in total. The number of nitro groups is 1. The maximum absolute atomic E-state index is 13.2. The molecular weight excluding hydrogens is 539 g/mol. The Hall–Kier alpha value is -3.16. The fourth-order valence-electron chi connectivity index (χ4n) is 3.93. The van der Waals surface area contributed by atoms with Crippen LogP contribution in [-0.4, -0.2) is 64.7 Å². The molecule has 13 nitrogen and oxygen atoms in total. The van der Waals surface area contributed by atoms with Crippen LogP contribution >= 0.6 is 24.8 Å². The number of nitrogens with two attached hydrogens (primary N) is 3. The highest BCUT2D eigenvalue weighted by Crippen LogP contribution is 2.21. The summed E-state index contributed by atoms with van der Waals surface area (Å²) >= 11 is 0. The standard InChI is InChI=1S/C23H36N8O5.2ClH/c1-3-14(2)19(24)22(34)30-13-5-7-18(30)21(33)29-17(6-4-12-27-23(25)26)20(32)28-15-8-10-16(11-9-15)31(35)36;;/h8-11,14,17-19H,3-7,12-13,24H2,1-2H3,(H,28,32)(H,29,33)(H4,25,26,27);2*1H/t14-,17-,18-,19-;;/m0../s1. The molecule has 38 heavy (non-hydrogen) atoms. The summed E-state index contributed by atoms with van der Waals surface area (Å²) in [6.45, 7) is 4.52. The number of aliphatic imine (C=N–C) groups is 1. The molecular formula is C23H38Cl2N8O5. The summed E-state index contributed by atoms with van der Waals surface area (Å²) in [5.74, 6) is -1.33. The van der Waals surface area contributed by atoms with Gasteiger partial charge in [0.05, 0.1) is 11.0 Å². The zero-order valence-electron chi connectivity index (χ0n) is 21.5. The number of hydrogen-bond donors (Lipinski definition) is 5. The van der Waals surface area contributed by atoms with Crippen LogP contribution in [-0.2, 0) is 14.4 Å². The summed E-state index contributed by atoms with van der Waals surface area (Å²) in [5.41, 5.74) is 17.0. The topological polar surface area (TPSA) is 212 Å². The Kier molecular flexibility index (Phi) is 15.3. The zero-order chi connectivity index (χ0) is 26.8.